The first-order valence-electron chi connectivity index (χ1n) is 10.1. The van der Waals surface area contributed by atoms with Crippen LogP contribution >= 0.6 is 0 Å². The zero-order chi connectivity index (χ0) is 21.1. The first-order chi connectivity index (χ1) is 14.6. The second-order valence-corrected chi connectivity index (χ2v) is 7.82. The summed E-state index contributed by atoms with van der Waals surface area (Å²) in [6.45, 7) is 1.11. The first-order valence-corrected chi connectivity index (χ1v) is 10.1. The van der Waals surface area contributed by atoms with Crippen LogP contribution in [0.25, 0.3) is 5.69 Å². The Balaban J connectivity index is 1.50. The molecule has 2 heterocycles. The molecule has 3 atom stereocenters. The van der Waals surface area contributed by atoms with Gasteiger partial charge in [0.25, 0.3) is 0 Å². The van der Waals surface area contributed by atoms with Crippen LogP contribution in [0.15, 0.2) is 60.9 Å². The number of halogens is 2. The van der Waals surface area contributed by atoms with Gasteiger partial charge in [-0.3, -0.25) is 4.90 Å². The summed E-state index contributed by atoms with van der Waals surface area (Å²) in [4.78, 5) is 2.06. The van der Waals surface area contributed by atoms with Crippen LogP contribution < -0.4 is 5.32 Å². The average molecular weight is 412 g/mol. The lowest BCUT2D eigenvalue weighted by Crippen LogP contribution is -2.32. The number of benzene rings is 2. The predicted octanol–water partition coefficient (Wildman–Crippen LogP) is 3.29. The van der Waals surface area contributed by atoms with Crippen molar-refractivity contribution in [2.75, 3.05) is 20.2 Å². The number of likely N-dealkylation sites (N-methyl/N-ethyl adjacent to an activating group) is 1. The highest BCUT2D eigenvalue weighted by Crippen LogP contribution is 2.40. The van der Waals surface area contributed by atoms with Crippen molar-refractivity contribution in [1.82, 2.24) is 20.0 Å². The molecule has 2 N–H and O–H groups in total. The van der Waals surface area contributed by atoms with Crippen molar-refractivity contribution >= 4 is 0 Å². The maximum absolute atomic E-state index is 14.5. The van der Waals surface area contributed by atoms with Crippen LogP contribution in [0.2, 0.25) is 0 Å². The van der Waals surface area contributed by atoms with Crippen LogP contribution in [0.4, 0.5) is 8.78 Å². The second-order valence-electron chi connectivity index (χ2n) is 7.82. The molecule has 0 unspecified atom stereocenters. The third-order valence-corrected chi connectivity index (χ3v) is 5.99. The molecule has 1 fully saturated rings. The molecule has 5 nitrogen and oxygen atoms in total. The van der Waals surface area contributed by atoms with Crippen LogP contribution in [0.5, 0.6) is 0 Å². The zero-order valence-corrected chi connectivity index (χ0v) is 16.9. The number of nitrogens with zero attached hydrogens (tertiary/aromatic N) is 3. The number of nitrogens with one attached hydrogen (secondary N) is 1. The minimum absolute atomic E-state index is 0.0183. The molecule has 1 saturated heterocycles. The molecule has 0 bridgehead atoms. The Morgan fingerprint density at radius 1 is 1.17 bits per heavy atom. The minimum Gasteiger partial charge on any atom is -0.395 e. The molecule has 4 rings (SSSR count). The maximum Gasteiger partial charge on any atom is 0.127 e. The number of aromatic nitrogens is 2. The van der Waals surface area contributed by atoms with Gasteiger partial charge in [0.15, 0.2) is 0 Å². The topological polar surface area (TPSA) is 53.3 Å². The quantitative estimate of drug-likeness (QED) is 0.625. The maximum atomic E-state index is 14.5. The molecule has 0 aliphatic carbocycles. The minimum atomic E-state index is -0.298. The third-order valence-electron chi connectivity index (χ3n) is 5.99. The fraction of sp³-hybridized carbons (Fsp3) is 0.348. The Kier molecular flexibility index (Phi) is 6.22. The summed E-state index contributed by atoms with van der Waals surface area (Å²) in [5.41, 5.74) is 2.26. The summed E-state index contributed by atoms with van der Waals surface area (Å²) >= 11 is 0. The summed E-state index contributed by atoms with van der Waals surface area (Å²) in [5.74, 6) is -0.414. The Labute approximate surface area is 175 Å². The van der Waals surface area contributed by atoms with Gasteiger partial charge in [0.1, 0.15) is 11.6 Å². The predicted molar refractivity (Wildman–Crippen MR) is 111 cm³/mol. The SMILES string of the molecule is CN1[C@@H](CO)C[C@@H](CNCc2cc(F)ccc2-n2cccn2)[C@H]1c1ccccc1F. The van der Waals surface area contributed by atoms with E-state index >= 15 is 0 Å². The Hall–Kier alpha value is -2.61. The lowest BCUT2D eigenvalue weighted by molar-refractivity contribution is 0.151. The van der Waals surface area contributed by atoms with Crippen molar-refractivity contribution in [3.8, 4) is 5.69 Å². The van der Waals surface area contributed by atoms with Crippen molar-refractivity contribution in [1.29, 1.82) is 0 Å². The van der Waals surface area contributed by atoms with Gasteiger partial charge in [-0.2, -0.15) is 5.10 Å². The number of hydrogen-bond acceptors (Lipinski definition) is 4. The molecule has 7 heteroatoms. The highest BCUT2D eigenvalue weighted by Gasteiger charge is 2.40. The fourth-order valence-corrected chi connectivity index (χ4v) is 4.51. The van der Waals surface area contributed by atoms with Crippen molar-refractivity contribution in [2.24, 2.45) is 5.92 Å². The van der Waals surface area contributed by atoms with Crippen LogP contribution in [-0.2, 0) is 6.54 Å². The average Bonchev–Trinajstić information content (AvgIpc) is 3.37. The highest BCUT2D eigenvalue weighted by molar-refractivity contribution is 5.40. The molecular formula is C23H26F2N4O. The highest BCUT2D eigenvalue weighted by atomic mass is 19.1. The van der Waals surface area contributed by atoms with Gasteiger partial charge in [-0.25, -0.2) is 13.5 Å². The number of aliphatic hydroxyl groups excluding tert-OH is 1. The summed E-state index contributed by atoms with van der Waals surface area (Å²) < 4.78 is 30.1. The van der Waals surface area contributed by atoms with Gasteiger partial charge in [0.05, 0.1) is 12.3 Å². The normalized spacial score (nSPS) is 21.9. The second kappa shape index (κ2) is 9.04. The number of aliphatic hydroxyl groups is 1. The van der Waals surface area contributed by atoms with Gasteiger partial charge in [-0.15, -0.1) is 0 Å². The lowest BCUT2D eigenvalue weighted by atomic mass is 9.92. The molecule has 0 amide bonds. The Morgan fingerprint density at radius 2 is 2.00 bits per heavy atom. The van der Waals surface area contributed by atoms with E-state index < -0.39 is 0 Å². The Morgan fingerprint density at radius 3 is 2.73 bits per heavy atom. The largest absolute Gasteiger partial charge is 0.395 e. The molecule has 158 valence electrons. The van der Waals surface area contributed by atoms with Gasteiger partial charge >= 0.3 is 0 Å². The van der Waals surface area contributed by atoms with E-state index in [0.29, 0.717) is 18.7 Å². The Bertz CT molecular complexity index is 979. The van der Waals surface area contributed by atoms with E-state index in [2.05, 4.69) is 15.3 Å². The van der Waals surface area contributed by atoms with Gasteiger partial charge in [0, 0.05) is 43.1 Å². The van der Waals surface area contributed by atoms with Crippen molar-refractivity contribution in [3.63, 3.8) is 0 Å². The van der Waals surface area contributed by atoms with E-state index in [4.69, 9.17) is 0 Å². The molecule has 1 aromatic heterocycles. The van der Waals surface area contributed by atoms with Gasteiger partial charge in [-0.05, 0) is 55.3 Å². The van der Waals surface area contributed by atoms with E-state index in [0.717, 1.165) is 17.7 Å². The van der Waals surface area contributed by atoms with Crippen molar-refractivity contribution in [3.05, 3.63) is 83.7 Å². The monoisotopic (exact) mass is 412 g/mol. The van der Waals surface area contributed by atoms with Gasteiger partial charge in [-0.1, -0.05) is 18.2 Å². The zero-order valence-electron chi connectivity index (χ0n) is 16.9. The smallest absolute Gasteiger partial charge is 0.127 e. The lowest BCUT2D eigenvalue weighted by Gasteiger charge is -2.28. The van der Waals surface area contributed by atoms with E-state index in [1.54, 1.807) is 23.0 Å². The summed E-state index contributed by atoms with van der Waals surface area (Å²) in [5, 5.41) is 17.4. The van der Waals surface area contributed by atoms with Crippen LogP contribution in [0, 0.1) is 17.6 Å². The number of likely N-dealkylation sites (tertiary alicyclic amines) is 1. The van der Waals surface area contributed by atoms with E-state index in [9.17, 15) is 13.9 Å². The van der Waals surface area contributed by atoms with Crippen molar-refractivity contribution in [2.45, 2.75) is 25.0 Å². The fourth-order valence-electron chi connectivity index (χ4n) is 4.51. The molecule has 3 aromatic rings. The molecule has 30 heavy (non-hydrogen) atoms. The third kappa shape index (κ3) is 4.14. The molecule has 0 spiro atoms. The van der Waals surface area contributed by atoms with Gasteiger partial charge in [0.2, 0.25) is 0 Å². The number of rotatable bonds is 7. The van der Waals surface area contributed by atoms with E-state index in [1.165, 1.54) is 18.2 Å². The molecule has 0 radical (unpaired) electrons. The molecular weight excluding hydrogens is 386 g/mol. The molecule has 1 aliphatic rings. The van der Waals surface area contributed by atoms with Gasteiger partial charge < -0.3 is 10.4 Å². The van der Waals surface area contributed by atoms with Crippen LogP contribution in [0.1, 0.15) is 23.6 Å². The summed E-state index contributed by atoms with van der Waals surface area (Å²) in [6, 6.07) is 13.1. The summed E-state index contributed by atoms with van der Waals surface area (Å²) in [6.07, 6.45) is 4.26. The molecule has 2 aromatic carbocycles. The standard InChI is InChI=1S/C23H26F2N4O/c1-28-19(15-30)12-17(23(28)20-5-2-3-6-21(20)25)14-26-13-16-11-18(24)7-8-22(16)29-10-4-9-27-29/h2-11,17,19,23,26,30H,12-15H2,1H3/t17-,19+,23-/m0/s1. The van der Waals surface area contributed by atoms with Crippen LogP contribution in [0.3, 0.4) is 0 Å². The van der Waals surface area contributed by atoms with E-state index in [-0.39, 0.29) is 36.2 Å². The first kappa shape index (κ1) is 20.7. The molecule has 1 aliphatic heterocycles. The van der Waals surface area contributed by atoms with Crippen molar-refractivity contribution < 1.29 is 13.9 Å². The van der Waals surface area contributed by atoms with Crippen LogP contribution in [-0.4, -0.2) is 46.0 Å². The summed E-state index contributed by atoms with van der Waals surface area (Å²) in [7, 11) is 1.93. The molecule has 0 saturated carbocycles. The number of hydrogen-bond donors (Lipinski definition) is 2. The van der Waals surface area contributed by atoms with E-state index in [1.807, 2.05) is 31.4 Å².